The van der Waals surface area contributed by atoms with Crippen molar-refractivity contribution in [2.75, 3.05) is 7.11 Å². The number of nitrogens with zero attached hydrogens (tertiary/aromatic N) is 4. The van der Waals surface area contributed by atoms with Crippen molar-refractivity contribution in [2.45, 2.75) is 0 Å². The number of benzene rings is 1. The van der Waals surface area contributed by atoms with Crippen LogP contribution in [0, 0.1) is 0 Å². The number of rotatable bonds is 4. The van der Waals surface area contributed by atoms with Crippen LogP contribution in [0.25, 0.3) is 16.2 Å². The van der Waals surface area contributed by atoms with Crippen LogP contribution in [0.3, 0.4) is 0 Å². The molecule has 0 spiro atoms. The molecule has 4 rings (SSSR count). The van der Waals surface area contributed by atoms with Gasteiger partial charge in [0.05, 0.1) is 17.7 Å². The molecule has 118 valence electrons. The zero-order chi connectivity index (χ0) is 16.4. The zero-order valence-corrected chi connectivity index (χ0v) is 13.8. The first-order valence-electron chi connectivity index (χ1n) is 7.42. The van der Waals surface area contributed by atoms with Gasteiger partial charge in [-0.1, -0.05) is 18.2 Å². The normalized spacial score (nSPS) is 11.4. The van der Waals surface area contributed by atoms with E-state index in [9.17, 15) is 0 Å². The van der Waals surface area contributed by atoms with Gasteiger partial charge in [0, 0.05) is 12.3 Å². The van der Waals surface area contributed by atoms with Crippen LogP contribution >= 0.6 is 11.3 Å². The Morgan fingerprint density at radius 3 is 2.83 bits per heavy atom. The highest BCUT2D eigenvalue weighted by Gasteiger charge is 2.14. The molecule has 0 radical (unpaired) electrons. The molecule has 4 aromatic rings. The first-order chi connectivity index (χ1) is 11.8. The summed E-state index contributed by atoms with van der Waals surface area (Å²) >= 11 is 1.64. The number of hydrogen-bond acceptors (Lipinski definition) is 5. The lowest BCUT2D eigenvalue weighted by Gasteiger charge is -2.00. The van der Waals surface area contributed by atoms with Crippen molar-refractivity contribution < 1.29 is 4.74 Å². The van der Waals surface area contributed by atoms with Crippen molar-refractivity contribution in [1.29, 1.82) is 0 Å². The summed E-state index contributed by atoms with van der Waals surface area (Å²) in [5.74, 6) is 1.47. The second-order valence-electron chi connectivity index (χ2n) is 5.09. The number of azo groups is 1. The number of thiophene rings is 1. The van der Waals surface area contributed by atoms with Crippen molar-refractivity contribution in [3.8, 4) is 16.3 Å². The van der Waals surface area contributed by atoms with Crippen molar-refractivity contribution >= 4 is 28.5 Å². The molecule has 0 saturated heterocycles. The molecule has 0 atom stereocenters. The van der Waals surface area contributed by atoms with E-state index < -0.39 is 0 Å². The molecule has 24 heavy (non-hydrogen) atoms. The van der Waals surface area contributed by atoms with Gasteiger partial charge in [-0.3, -0.25) is 4.40 Å². The van der Waals surface area contributed by atoms with Crippen LogP contribution in [0.1, 0.15) is 0 Å². The van der Waals surface area contributed by atoms with Gasteiger partial charge in [0.15, 0.2) is 5.82 Å². The molecular weight excluding hydrogens is 320 g/mol. The molecule has 3 aromatic heterocycles. The number of hydrogen-bond donors (Lipinski definition) is 0. The third kappa shape index (κ3) is 2.68. The van der Waals surface area contributed by atoms with Crippen LogP contribution in [-0.2, 0) is 0 Å². The standard InChI is InChI=1S/C18H14N4OS/c1-23-14-7-4-6-13(12-14)20-21-18-17(15-8-5-11-24-15)19-16-9-2-3-10-22(16)18/h2-12H,1H3. The van der Waals surface area contributed by atoms with Gasteiger partial charge in [-0.2, -0.15) is 0 Å². The lowest BCUT2D eigenvalue weighted by Crippen LogP contribution is -1.81. The monoisotopic (exact) mass is 334 g/mol. The van der Waals surface area contributed by atoms with E-state index in [1.807, 2.05) is 70.6 Å². The highest BCUT2D eigenvalue weighted by Crippen LogP contribution is 2.34. The molecule has 1 aromatic carbocycles. The minimum Gasteiger partial charge on any atom is -0.497 e. The number of methoxy groups -OCH3 is 1. The predicted molar refractivity (Wildman–Crippen MR) is 95.7 cm³/mol. The van der Waals surface area contributed by atoms with E-state index in [1.165, 1.54) is 0 Å². The quantitative estimate of drug-likeness (QED) is 0.464. The molecule has 0 unspecified atom stereocenters. The Morgan fingerprint density at radius 2 is 2.00 bits per heavy atom. The Hall–Kier alpha value is -2.99. The summed E-state index contributed by atoms with van der Waals surface area (Å²) in [6, 6.07) is 17.4. The smallest absolute Gasteiger partial charge is 0.188 e. The van der Waals surface area contributed by atoms with E-state index in [0.717, 1.165) is 33.5 Å². The minimum absolute atomic E-state index is 0.718. The van der Waals surface area contributed by atoms with E-state index in [0.29, 0.717) is 0 Å². The molecule has 0 saturated carbocycles. The number of aromatic nitrogens is 2. The van der Waals surface area contributed by atoms with Crippen LogP contribution in [0.2, 0.25) is 0 Å². The number of ether oxygens (including phenoxy) is 1. The van der Waals surface area contributed by atoms with Gasteiger partial charge in [0.1, 0.15) is 17.1 Å². The van der Waals surface area contributed by atoms with E-state index in [4.69, 9.17) is 9.72 Å². The van der Waals surface area contributed by atoms with Crippen LogP contribution in [0.4, 0.5) is 11.5 Å². The number of imidazole rings is 1. The molecule has 0 amide bonds. The molecule has 0 aliphatic rings. The van der Waals surface area contributed by atoms with E-state index in [1.54, 1.807) is 18.4 Å². The largest absolute Gasteiger partial charge is 0.497 e. The molecule has 0 aliphatic carbocycles. The summed E-state index contributed by atoms with van der Waals surface area (Å²) in [5, 5.41) is 10.9. The van der Waals surface area contributed by atoms with Gasteiger partial charge in [0.25, 0.3) is 0 Å². The maximum Gasteiger partial charge on any atom is 0.188 e. The van der Waals surface area contributed by atoms with Crippen molar-refractivity contribution in [1.82, 2.24) is 9.38 Å². The van der Waals surface area contributed by atoms with Crippen molar-refractivity contribution in [2.24, 2.45) is 10.2 Å². The molecule has 0 bridgehead atoms. The minimum atomic E-state index is 0.718. The summed E-state index contributed by atoms with van der Waals surface area (Å²) in [4.78, 5) is 5.76. The Labute approximate surface area is 142 Å². The molecule has 3 heterocycles. The molecule has 0 fully saturated rings. The van der Waals surface area contributed by atoms with Gasteiger partial charge in [-0.05, 0) is 35.7 Å². The maximum absolute atomic E-state index is 5.23. The third-order valence-corrected chi connectivity index (χ3v) is 4.45. The van der Waals surface area contributed by atoms with Crippen molar-refractivity contribution in [3.05, 3.63) is 66.2 Å². The Kier molecular flexibility index (Phi) is 3.80. The molecule has 6 heteroatoms. The predicted octanol–water partition coefficient (Wildman–Crippen LogP) is 5.49. The molecule has 0 N–H and O–H groups in total. The lowest BCUT2D eigenvalue weighted by atomic mass is 10.3. The second-order valence-corrected chi connectivity index (χ2v) is 6.04. The topological polar surface area (TPSA) is 51.2 Å². The van der Waals surface area contributed by atoms with Gasteiger partial charge < -0.3 is 4.74 Å². The maximum atomic E-state index is 5.23. The Bertz CT molecular complexity index is 1000. The lowest BCUT2D eigenvalue weighted by molar-refractivity contribution is 0.415. The summed E-state index contributed by atoms with van der Waals surface area (Å²) < 4.78 is 7.17. The fourth-order valence-corrected chi connectivity index (χ4v) is 3.14. The molecule has 5 nitrogen and oxygen atoms in total. The summed E-state index contributed by atoms with van der Waals surface area (Å²) in [6.45, 7) is 0. The summed E-state index contributed by atoms with van der Waals surface area (Å²) in [5.41, 5.74) is 2.42. The fraction of sp³-hybridized carbons (Fsp3) is 0.0556. The third-order valence-electron chi connectivity index (χ3n) is 3.57. The first kappa shape index (κ1) is 14.6. The Morgan fingerprint density at radius 1 is 1.04 bits per heavy atom. The van der Waals surface area contributed by atoms with Gasteiger partial charge in [0.2, 0.25) is 0 Å². The van der Waals surface area contributed by atoms with Crippen LogP contribution in [-0.4, -0.2) is 16.5 Å². The SMILES string of the molecule is COc1cccc(N=Nc2c(-c3cccs3)nc3ccccn23)c1. The van der Waals surface area contributed by atoms with Crippen LogP contribution < -0.4 is 4.74 Å². The number of pyridine rings is 1. The van der Waals surface area contributed by atoms with Crippen LogP contribution in [0.15, 0.2) is 76.4 Å². The molecule has 0 aliphatic heterocycles. The zero-order valence-electron chi connectivity index (χ0n) is 13.0. The highest BCUT2D eigenvalue weighted by atomic mass is 32.1. The highest BCUT2D eigenvalue weighted by molar-refractivity contribution is 7.13. The number of fused-ring (bicyclic) bond motifs is 1. The van der Waals surface area contributed by atoms with E-state index in [2.05, 4.69) is 10.2 Å². The van der Waals surface area contributed by atoms with E-state index >= 15 is 0 Å². The Balaban J connectivity index is 1.83. The summed E-state index contributed by atoms with van der Waals surface area (Å²) in [6.07, 6.45) is 1.94. The average molecular weight is 334 g/mol. The van der Waals surface area contributed by atoms with Gasteiger partial charge in [-0.25, -0.2) is 4.98 Å². The first-order valence-corrected chi connectivity index (χ1v) is 8.30. The van der Waals surface area contributed by atoms with Crippen molar-refractivity contribution in [3.63, 3.8) is 0 Å². The summed E-state index contributed by atoms with van der Waals surface area (Å²) in [7, 11) is 1.63. The molecular formula is C18H14N4OS. The fourth-order valence-electron chi connectivity index (χ4n) is 2.43. The van der Waals surface area contributed by atoms with E-state index in [-0.39, 0.29) is 0 Å². The average Bonchev–Trinajstić information content (AvgIpc) is 3.27. The second kappa shape index (κ2) is 6.25. The van der Waals surface area contributed by atoms with Gasteiger partial charge >= 0.3 is 0 Å². The van der Waals surface area contributed by atoms with Crippen LogP contribution in [0.5, 0.6) is 5.75 Å². The van der Waals surface area contributed by atoms with Gasteiger partial charge in [-0.15, -0.1) is 21.6 Å².